The Kier molecular flexibility index (Phi) is 6.32. The quantitative estimate of drug-likeness (QED) is 0.846. The van der Waals surface area contributed by atoms with E-state index in [9.17, 15) is 9.18 Å². The third-order valence-electron chi connectivity index (χ3n) is 3.69. The first-order chi connectivity index (χ1) is 11.5. The van der Waals surface area contributed by atoms with E-state index in [2.05, 4.69) is 5.32 Å². The van der Waals surface area contributed by atoms with Crippen molar-refractivity contribution in [2.75, 3.05) is 7.11 Å². The molecular weight excluding hydrogens is 309 g/mol. The summed E-state index contributed by atoms with van der Waals surface area (Å²) in [4.78, 5) is 12.1. The van der Waals surface area contributed by atoms with E-state index in [1.54, 1.807) is 33.1 Å². The number of hydrogen-bond acceptors (Lipinski definition) is 3. The van der Waals surface area contributed by atoms with Crippen LogP contribution in [0.1, 0.15) is 23.6 Å². The number of rotatable bonds is 7. The SMILES string of the molecule is COc1cccc(COC(C)C(=O)NCc2ccc(F)c(C)c2)c1. The van der Waals surface area contributed by atoms with E-state index in [-0.39, 0.29) is 11.7 Å². The number of carbonyl (C=O) groups is 1. The Morgan fingerprint density at radius 3 is 2.71 bits per heavy atom. The lowest BCUT2D eigenvalue weighted by Gasteiger charge is -2.14. The van der Waals surface area contributed by atoms with Crippen molar-refractivity contribution in [2.24, 2.45) is 0 Å². The van der Waals surface area contributed by atoms with Crippen molar-refractivity contribution in [3.05, 3.63) is 65.0 Å². The second kappa shape index (κ2) is 8.45. The van der Waals surface area contributed by atoms with Gasteiger partial charge in [0.25, 0.3) is 0 Å². The Balaban J connectivity index is 1.82. The fourth-order valence-electron chi connectivity index (χ4n) is 2.21. The van der Waals surface area contributed by atoms with Gasteiger partial charge < -0.3 is 14.8 Å². The molecule has 2 rings (SSSR count). The number of aryl methyl sites for hydroxylation is 1. The molecule has 0 fully saturated rings. The first-order valence-corrected chi connectivity index (χ1v) is 7.77. The molecule has 0 bridgehead atoms. The Morgan fingerprint density at radius 2 is 2.00 bits per heavy atom. The summed E-state index contributed by atoms with van der Waals surface area (Å²) >= 11 is 0. The second-order valence-electron chi connectivity index (χ2n) is 5.61. The minimum absolute atomic E-state index is 0.208. The molecule has 0 spiro atoms. The molecule has 128 valence electrons. The van der Waals surface area contributed by atoms with Gasteiger partial charge in [0.15, 0.2) is 0 Å². The Bertz CT molecular complexity index is 703. The molecule has 1 unspecified atom stereocenters. The van der Waals surface area contributed by atoms with Gasteiger partial charge in [0.2, 0.25) is 5.91 Å². The van der Waals surface area contributed by atoms with Crippen molar-refractivity contribution in [3.63, 3.8) is 0 Å². The highest BCUT2D eigenvalue weighted by molar-refractivity contribution is 5.80. The smallest absolute Gasteiger partial charge is 0.249 e. The van der Waals surface area contributed by atoms with Crippen molar-refractivity contribution < 1.29 is 18.7 Å². The van der Waals surface area contributed by atoms with Gasteiger partial charge in [0, 0.05) is 6.54 Å². The van der Waals surface area contributed by atoms with Crippen LogP contribution < -0.4 is 10.1 Å². The van der Waals surface area contributed by atoms with Gasteiger partial charge in [-0.1, -0.05) is 24.3 Å². The monoisotopic (exact) mass is 331 g/mol. The maximum Gasteiger partial charge on any atom is 0.249 e. The lowest BCUT2D eigenvalue weighted by molar-refractivity contribution is -0.132. The average molecular weight is 331 g/mol. The van der Waals surface area contributed by atoms with Crippen molar-refractivity contribution in [3.8, 4) is 5.75 Å². The largest absolute Gasteiger partial charge is 0.497 e. The van der Waals surface area contributed by atoms with Crippen molar-refractivity contribution >= 4 is 5.91 Å². The number of ether oxygens (including phenoxy) is 2. The van der Waals surface area contributed by atoms with Crippen LogP contribution in [0, 0.1) is 12.7 Å². The summed E-state index contributed by atoms with van der Waals surface area (Å²) in [6.07, 6.45) is -0.585. The van der Waals surface area contributed by atoms with Crippen LogP contribution in [0.3, 0.4) is 0 Å². The summed E-state index contributed by atoms with van der Waals surface area (Å²) in [5.74, 6) is 0.292. The molecule has 0 saturated carbocycles. The Morgan fingerprint density at radius 1 is 1.21 bits per heavy atom. The van der Waals surface area contributed by atoms with Gasteiger partial charge in [-0.25, -0.2) is 4.39 Å². The second-order valence-corrected chi connectivity index (χ2v) is 5.61. The maximum absolute atomic E-state index is 13.2. The van der Waals surface area contributed by atoms with Gasteiger partial charge in [-0.05, 0) is 48.7 Å². The number of amides is 1. The minimum atomic E-state index is -0.585. The number of nitrogens with one attached hydrogen (secondary N) is 1. The molecule has 0 radical (unpaired) electrons. The van der Waals surface area contributed by atoms with E-state index in [1.807, 2.05) is 24.3 Å². The first kappa shape index (κ1) is 17.9. The van der Waals surface area contributed by atoms with Crippen LogP contribution in [0.5, 0.6) is 5.75 Å². The third kappa shape index (κ3) is 5.06. The van der Waals surface area contributed by atoms with Crippen LogP contribution >= 0.6 is 0 Å². The molecule has 5 heteroatoms. The van der Waals surface area contributed by atoms with Crippen molar-refractivity contribution in [2.45, 2.75) is 33.1 Å². The summed E-state index contributed by atoms with van der Waals surface area (Å²) in [7, 11) is 1.60. The van der Waals surface area contributed by atoms with Crippen LogP contribution in [0.4, 0.5) is 4.39 Å². The van der Waals surface area contributed by atoms with Crippen LogP contribution in [0.25, 0.3) is 0 Å². The summed E-state index contributed by atoms with van der Waals surface area (Å²) in [6, 6.07) is 12.3. The topological polar surface area (TPSA) is 47.6 Å². The molecule has 4 nitrogen and oxygen atoms in total. The predicted octanol–water partition coefficient (Wildman–Crippen LogP) is 3.36. The molecule has 0 aliphatic heterocycles. The molecule has 1 amide bonds. The summed E-state index contributed by atoms with van der Waals surface area (Å²) < 4.78 is 24.0. The lowest BCUT2D eigenvalue weighted by atomic mass is 10.1. The molecular formula is C19H22FNO3. The molecule has 2 aromatic rings. The number of carbonyl (C=O) groups excluding carboxylic acids is 1. The maximum atomic E-state index is 13.2. The average Bonchev–Trinajstić information content (AvgIpc) is 2.60. The minimum Gasteiger partial charge on any atom is -0.497 e. The first-order valence-electron chi connectivity index (χ1n) is 7.77. The van der Waals surface area contributed by atoms with E-state index < -0.39 is 6.10 Å². The molecule has 0 aliphatic rings. The highest BCUT2D eigenvalue weighted by Gasteiger charge is 2.13. The van der Waals surface area contributed by atoms with E-state index in [0.29, 0.717) is 18.7 Å². The van der Waals surface area contributed by atoms with Crippen LogP contribution in [-0.2, 0) is 22.7 Å². The molecule has 0 heterocycles. The Labute approximate surface area is 141 Å². The fraction of sp³-hybridized carbons (Fsp3) is 0.316. The van der Waals surface area contributed by atoms with Crippen LogP contribution in [-0.4, -0.2) is 19.1 Å². The van der Waals surface area contributed by atoms with E-state index >= 15 is 0 Å². The van der Waals surface area contributed by atoms with E-state index in [0.717, 1.165) is 16.9 Å². The summed E-state index contributed by atoms with van der Waals surface area (Å²) in [5.41, 5.74) is 2.34. The zero-order chi connectivity index (χ0) is 17.5. The highest BCUT2D eigenvalue weighted by Crippen LogP contribution is 2.14. The van der Waals surface area contributed by atoms with Gasteiger partial charge in [-0.3, -0.25) is 4.79 Å². The number of benzene rings is 2. The molecule has 2 aromatic carbocycles. The molecule has 1 atom stereocenters. The predicted molar refractivity (Wildman–Crippen MR) is 90.2 cm³/mol. The van der Waals surface area contributed by atoms with Crippen LogP contribution in [0.15, 0.2) is 42.5 Å². The summed E-state index contributed by atoms with van der Waals surface area (Å²) in [6.45, 7) is 4.06. The van der Waals surface area contributed by atoms with E-state index in [1.165, 1.54) is 6.07 Å². The fourth-order valence-corrected chi connectivity index (χ4v) is 2.21. The lowest BCUT2D eigenvalue weighted by Crippen LogP contribution is -2.34. The molecule has 24 heavy (non-hydrogen) atoms. The van der Waals surface area contributed by atoms with Crippen molar-refractivity contribution in [1.29, 1.82) is 0 Å². The zero-order valence-electron chi connectivity index (χ0n) is 14.1. The number of methoxy groups -OCH3 is 1. The van der Waals surface area contributed by atoms with Crippen LogP contribution in [0.2, 0.25) is 0 Å². The molecule has 0 aromatic heterocycles. The zero-order valence-corrected chi connectivity index (χ0v) is 14.1. The molecule has 0 aliphatic carbocycles. The third-order valence-corrected chi connectivity index (χ3v) is 3.69. The number of hydrogen-bond donors (Lipinski definition) is 1. The van der Waals surface area contributed by atoms with E-state index in [4.69, 9.17) is 9.47 Å². The molecule has 0 saturated heterocycles. The van der Waals surface area contributed by atoms with Gasteiger partial charge in [0.1, 0.15) is 17.7 Å². The Hall–Kier alpha value is -2.40. The molecule has 1 N–H and O–H groups in total. The number of halogens is 1. The van der Waals surface area contributed by atoms with Gasteiger partial charge in [0.05, 0.1) is 13.7 Å². The van der Waals surface area contributed by atoms with Crippen molar-refractivity contribution in [1.82, 2.24) is 5.32 Å². The standard InChI is InChI=1S/C19H22FNO3/c1-13-9-15(7-8-18(13)20)11-21-19(22)14(2)24-12-16-5-4-6-17(10-16)23-3/h4-10,14H,11-12H2,1-3H3,(H,21,22). The highest BCUT2D eigenvalue weighted by atomic mass is 19.1. The van der Waals surface area contributed by atoms with Gasteiger partial charge in [-0.15, -0.1) is 0 Å². The summed E-state index contributed by atoms with van der Waals surface area (Å²) in [5, 5.41) is 2.79. The van der Waals surface area contributed by atoms with Gasteiger partial charge >= 0.3 is 0 Å². The normalized spacial score (nSPS) is 11.8. The van der Waals surface area contributed by atoms with Gasteiger partial charge in [-0.2, -0.15) is 0 Å².